The molecule has 0 radical (unpaired) electrons. The van der Waals surface area contributed by atoms with E-state index >= 15 is 0 Å². The van der Waals surface area contributed by atoms with Crippen molar-refractivity contribution in [2.75, 3.05) is 154 Å². The number of nitrogens with one attached hydrogen (secondary N) is 4. The Hall–Kier alpha value is -13.5. The van der Waals surface area contributed by atoms with E-state index in [0.29, 0.717) is 147 Å². The Morgan fingerprint density at radius 3 is 1.04 bits per heavy atom. The SMILES string of the molecule is CCOc1cc(C(CC(=O)N(C)C)N2Cc3cccc(NC(=O)N(C)C)c3C2=O)ccc1OC.CCOc1cc(C(CS(C)(=O)=O)N2Cc3cccc(NC(=O)N(C)C)c3C2=O)ccc1OC.COc1ccc(C(CS(C)(=O)=O)N2C(=O)c3cccc(NC(C)=O)c3C2=O)cc1OCC1CC1.COc1ccc(C(CS(C)(=O)=O)N2Cc3cccc(NC(=O)C4CC4)c3C2=O)cc1OCC1CC1. The predicted octanol–water partition coefficient (Wildman–Crippen LogP) is 12.7. The highest BCUT2D eigenvalue weighted by Gasteiger charge is 2.46. The predicted molar refractivity (Wildman–Crippen MR) is 511 cm³/mol. The van der Waals surface area contributed by atoms with Crippen molar-refractivity contribution in [1.82, 2.24) is 34.3 Å². The van der Waals surface area contributed by atoms with Crippen LogP contribution < -0.4 is 59.2 Å². The summed E-state index contributed by atoms with van der Waals surface area (Å²) >= 11 is 0. The number of sulfone groups is 3. The fraction of sp³-hybridized carbons (Fsp3) is 0.408. The zero-order valence-electron chi connectivity index (χ0n) is 79.1. The summed E-state index contributed by atoms with van der Waals surface area (Å²) < 4.78 is 119. The van der Waals surface area contributed by atoms with E-state index in [9.17, 15) is 73.2 Å². The highest BCUT2D eigenvalue weighted by atomic mass is 32.2. The molecule has 3 fully saturated rings. The van der Waals surface area contributed by atoms with Gasteiger partial charge in [0.25, 0.3) is 29.5 Å². The van der Waals surface area contributed by atoms with Crippen molar-refractivity contribution in [2.45, 2.75) is 110 Å². The van der Waals surface area contributed by atoms with Crippen molar-refractivity contribution in [1.29, 1.82) is 0 Å². The fourth-order valence-electron chi connectivity index (χ4n) is 16.1. The Bertz CT molecular complexity index is 6280. The zero-order valence-corrected chi connectivity index (χ0v) is 81.5. The molecule has 38 heteroatoms. The first-order valence-electron chi connectivity index (χ1n) is 44.4. The molecule has 136 heavy (non-hydrogen) atoms. The molecule has 0 aromatic heterocycles. The van der Waals surface area contributed by atoms with Crippen molar-refractivity contribution in [3.63, 3.8) is 0 Å². The van der Waals surface area contributed by atoms with E-state index in [1.54, 1.807) is 176 Å². The maximum absolute atomic E-state index is 13.6. The van der Waals surface area contributed by atoms with Crippen LogP contribution >= 0.6 is 0 Å². The number of anilines is 4. The number of carbonyl (C=O) groups is 10. The van der Waals surface area contributed by atoms with Crippen molar-refractivity contribution in [3.05, 3.63) is 212 Å². The Labute approximate surface area is 792 Å². The van der Waals surface area contributed by atoms with Gasteiger partial charge in [-0.3, -0.25) is 43.3 Å². The van der Waals surface area contributed by atoms with Crippen LogP contribution in [0.5, 0.6) is 46.0 Å². The second kappa shape index (κ2) is 43.5. The number of hydrogen-bond acceptors (Lipinski definition) is 24. The van der Waals surface area contributed by atoms with Crippen LogP contribution in [0.4, 0.5) is 32.3 Å². The molecule has 0 bridgehead atoms. The lowest BCUT2D eigenvalue weighted by Gasteiger charge is -2.29. The van der Waals surface area contributed by atoms with Crippen molar-refractivity contribution in [3.8, 4) is 46.0 Å². The van der Waals surface area contributed by atoms with E-state index in [0.717, 1.165) is 72.6 Å². The topological polar surface area (TPSA) is 418 Å². The third-order valence-corrected chi connectivity index (χ3v) is 26.3. The van der Waals surface area contributed by atoms with Gasteiger partial charge >= 0.3 is 12.1 Å². The molecule has 3 aliphatic carbocycles. The molecule has 0 saturated heterocycles. The summed E-state index contributed by atoms with van der Waals surface area (Å²) in [4.78, 5) is 139. The van der Waals surface area contributed by atoms with Crippen molar-refractivity contribution in [2.24, 2.45) is 17.8 Å². The molecule has 3 saturated carbocycles. The van der Waals surface area contributed by atoms with Gasteiger partial charge in [-0.1, -0.05) is 66.7 Å². The highest BCUT2D eigenvalue weighted by Crippen LogP contribution is 2.47. The number of imide groups is 1. The van der Waals surface area contributed by atoms with Gasteiger partial charge in [0.15, 0.2) is 46.0 Å². The molecule has 8 aromatic rings. The number of amides is 12. The number of ether oxygens (including phenoxy) is 8. The lowest BCUT2D eigenvalue weighted by atomic mass is 10.0. The van der Waals surface area contributed by atoms with Gasteiger partial charge in [0.1, 0.15) is 29.5 Å². The van der Waals surface area contributed by atoms with E-state index in [4.69, 9.17) is 37.9 Å². The van der Waals surface area contributed by atoms with Crippen LogP contribution in [-0.2, 0) is 63.5 Å². The summed E-state index contributed by atoms with van der Waals surface area (Å²) in [7, 11) is 5.53. The molecule has 15 rings (SSSR count). The average Bonchev–Trinajstić information content (AvgIpc) is 1.56. The lowest BCUT2D eigenvalue weighted by molar-refractivity contribution is -0.130. The van der Waals surface area contributed by atoms with Gasteiger partial charge < -0.3 is 88.6 Å². The standard InChI is InChI=1S/C26H30N2O6S.C25H32N4O5.C24H26N2O7S.C23H29N3O6S/c1-33-22-11-10-18(12-23(22)34-14-16-6-7-16)21(15-35(2,31)32)28-13-19-4-3-5-20(24(19)26(28)30)27-25(29)17-8-9-17;1-7-34-21-13-16(11-12-20(21)33-6)19(14-22(30)27(2)3)29-15-17-9-8-10-18(23(17)24(29)31)26-25(32)28(4)5;1-14(27)25-18-6-4-5-17-22(18)24(29)26(23(17)28)19(13-34(3,30)31)16-9-10-20(32-2)21(11-16)33-12-15-7-8-15;1-6-32-20-12-15(10-11-19(20)31-4)18(14-33(5,29)30)26-13-16-8-7-9-17(21(16)22(26)27)24-23(28)25(2)3/h3-5,10-12,16-17,21H,6-9,13-15H2,1-2H3,(H,27,29);8-13,19H,7,14-15H2,1-6H3,(H,26,32);4-6,9-11,15,19H,7-8,12-13H2,1-3H3,(H,25,27);7-12,18H,6,13-14H2,1-5H3,(H,24,28). The van der Waals surface area contributed by atoms with Gasteiger partial charge in [0.05, 0.1) is 153 Å². The first kappa shape index (κ1) is 101. The Morgan fingerprint density at radius 1 is 0.382 bits per heavy atom. The Balaban J connectivity index is 0.000000163. The monoisotopic (exact) mass is 1930 g/mol. The lowest BCUT2D eigenvalue weighted by Crippen LogP contribution is -2.37. The van der Waals surface area contributed by atoms with E-state index in [-0.39, 0.29) is 95.3 Å². The van der Waals surface area contributed by atoms with Crippen LogP contribution in [-0.4, -0.2) is 252 Å². The summed E-state index contributed by atoms with van der Waals surface area (Å²) in [6.07, 6.45) is 9.64. The highest BCUT2D eigenvalue weighted by molar-refractivity contribution is 7.91. The summed E-state index contributed by atoms with van der Waals surface area (Å²) in [5.74, 6) is 1.40. The van der Waals surface area contributed by atoms with Crippen molar-refractivity contribution >= 4 is 112 Å². The summed E-state index contributed by atoms with van der Waals surface area (Å²) in [5, 5.41) is 11.0. The summed E-state index contributed by atoms with van der Waals surface area (Å²) in [5.41, 5.74) is 7.64. The van der Waals surface area contributed by atoms with Gasteiger partial charge in [-0.25, -0.2) is 34.8 Å². The Kier molecular flexibility index (Phi) is 32.4. The molecular weight excluding hydrogens is 1810 g/mol. The zero-order chi connectivity index (χ0) is 98.7. The molecule has 4 atom stereocenters. The summed E-state index contributed by atoms with van der Waals surface area (Å²) in [6, 6.07) is 37.6. The molecular formula is C98H117N11O24S3. The van der Waals surface area contributed by atoms with E-state index < -0.39 is 77.2 Å². The molecule has 4 N–H and O–H groups in total. The molecule has 4 aliphatic heterocycles. The minimum atomic E-state index is -3.60. The maximum Gasteiger partial charge on any atom is 0.321 e. The van der Waals surface area contributed by atoms with Gasteiger partial charge in [-0.15, -0.1) is 0 Å². The molecule has 0 spiro atoms. The third kappa shape index (κ3) is 25.0. The normalized spacial score (nSPS) is 15.5. The largest absolute Gasteiger partial charge is 0.493 e. The van der Waals surface area contributed by atoms with E-state index in [2.05, 4.69) is 21.3 Å². The van der Waals surface area contributed by atoms with Crippen LogP contribution in [0.25, 0.3) is 0 Å². The molecule has 4 heterocycles. The van der Waals surface area contributed by atoms with Crippen LogP contribution in [0.3, 0.4) is 0 Å². The number of benzene rings is 8. The van der Waals surface area contributed by atoms with E-state index in [1.807, 2.05) is 38.1 Å². The molecule has 12 amide bonds. The molecule has 726 valence electrons. The fourth-order valence-corrected chi connectivity index (χ4v) is 19.0. The second-order valence-electron chi connectivity index (χ2n) is 35.0. The number of nitrogens with zero attached hydrogens (tertiary/aromatic N) is 7. The van der Waals surface area contributed by atoms with Crippen LogP contribution in [0.15, 0.2) is 146 Å². The second-order valence-corrected chi connectivity index (χ2v) is 41.5. The molecule has 7 aliphatic rings. The van der Waals surface area contributed by atoms with Gasteiger partial charge in [-0.05, 0) is 182 Å². The number of carbonyl (C=O) groups excluding carboxylic acids is 10. The number of rotatable bonds is 35. The Morgan fingerprint density at radius 2 is 0.713 bits per heavy atom. The molecule has 8 aromatic carbocycles. The third-order valence-electron chi connectivity index (χ3n) is 23.6. The van der Waals surface area contributed by atoms with Crippen molar-refractivity contribution < 1.29 is 111 Å². The smallest absolute Gasteiger partial charge is 0.321 e. The first-order chi connectivity index (χ1) is 64.5. The molecule has 35 nitrogen and oxygen atoms in total. The summed E-state index contributed by atoms with van der Waals surface area (Å²) in [6.45, 7) is 7.74. The molecule has 4 unspecified atom stereocenters. The van der Waals surface area contributed by atoms with Gasteiger partial charge in [0, 0.05) is 93.5 Å². The van der Waals surface area contributed by atoms with Crippen LogP contribution in [0.1, 0.15) is 181 Å². The number of methoxy groups -OCH3 is 4. The minimum absolute atomic E-state index is 0.00445. The number of fused-ring (bicyclic) bond motifs is 4. The minimum Gasteiger partial charge on any atom is -0.493 e. The number of hydrogen-bond donors (Lipinski definition) is 4. The van der Waals surface area contributed by atoms with Gasteiger partial charge in [-0.2, -0.15) is 0 Å². The van der Waals surface area contributed by atoms with E-state index in [1.165, 1.54) is 59.1 Å². The van der Waals surface area contributed by atoms with Crippen LogP contribution in [0, 0.1) is 17.8 Å². The van der Waals surface area contributed by atoms with Gasteiger partial charge in [0.2, 0.25) is 17.7 Å². The average molecular weight is 1930 g/mol. The quantitative estimate of drug-likeness (QED) is 0.0268. The first-order valence-corrected chi connectivity index (χ1v) is 50.5. The van der Waals surface area contributed by atoms with Crippen LogP contribution in [0.2, 0.25) is 0 Å². The number of urea groups is 2. The maximum atomic E-state index is 13.6.